The highest BCUT2D eigenvalue weighted by molar-refractivity contribution is 7.99. The predicted molar refractivity (Wildman–Crippen MR) is 123 cm³/mol. The summed E-state index contributed by atoms with van der Waals surface area (Å²) in [5.74, 6) is 1.83. The summed E-state index contributed by atoms with van der Waals surface area (Å²) in [6.07, 6.45) is 2.42. The zero-order chi connectivity index (χ0) is 21.4. The number of carbonyl (C=O) groups is 1. The zero-order valence-electron chi connectivity index (χ0n) is 18.7. The zero-order valence-corrected chi connectivity index (χ0v) is 19.5. The molecule has 5 nitrogen and oxygen atoms in total. The van der Waals surface area contributed by atoms with E-state index < -0.39 is 0 Å². The molecule has 1 amide bonds. The Morgan fingerprint density at radius 2 is 1.93 bits per heavy atom. The molecule has 0 bridgehead atoms. The fraction of sp³-hybridized carbons (Fsp3) is 0.583. The Balaban J connectivity index is 1.38. The fourth-order valence-corrected chi connectivity index (χ4v) is 6.05. The number of fused-ring (bicyclic) bond motifs is 2. The summed E-state index contributed by atoms with van der Waals surface area (Å²) in [5, 5.41) is 2.12. The monoisotopic (exact) mass is 427 g/mol. The van der Waals surface area contributed by atoms with Gasteiger partial charge in [-0.1, -0.05) is 23.4 Å². The van der Waals surface area contributed by atoms with E-state index in [4.69, 9.17) is 9.72 Å². The van der Waals surface area contributed by atoms with E-state index in [1.165, 1.54) is 16.5 Å². The van der Waals surface area contributed by atoms with Crippen molar-refractivity contribution in [3.05, 3.63) is 35.4 Å². The third kappa shape index (κ3) is 4.36. The third-order valence-corrected chi connectivity index (χ3v) is 7.79. The van der Waals surface area contributed by atoms with E-state index in [9.17, 15) is 4.79 Å². The highest BCUT2D eigenvalue weighted by Gasteiger charge is 2.44. The highest BCUT2D eigenvalue weighted by atomic mass is 32.2. The van der Waals surface area contributed by atoms with E-state index >= 15 is 0 Å². The number of nitrogens with zero attached hydrogens (tertiary/aromatic N) is 3. The van der Waals surface area contributed by atoms with E-state index in [1.54, 1.807) is 11.8 Å². The first-order chi connectivity index (χ1) is 14.4. The predicted octanol–water partition coefficient (Wildman–Crippen LogP) is 3.76. The van der Waals surface area contributed by atoms with Crippen LogP contribution in [0.1, 0.15) is 24.0 Å². The Morgan fingerprint density at radius 3 is 2.63 bits per heavy atom. The van der Waals surface area contributed by atoms with Gasteiger partial charge in [0.2, 0.25) is 5.91 Å². The molecule has 6 heteroatoms. The van der Waals surface area contributed by atoms with Gasteiger partial charge in [-0.2, -0.15) is 0 Å². The minimum absolute atomic E-state index is 0.230. The van der Waals surface area contributed by atoms with Gasteiger partial charge in [0.05, 0.1) is 22.4 Å². The van der Waals surface area contributed by atoms with Crippen LogP contribution in [0.25, 0.3) is 10.9 Å². The van der Waals surface area contributed by atoms with Crippen LogP contribution in [0.4, 0.5) is 0 Å². The number of likely N-dealkylation sites (N-methyl/N-ethyl adjacent to an activating group) is 1. The van der Waals surface area contributed by atoms with Gasteiger partial charge in [0, 0.05) is 31.6 Å². The summed E-state index contributed by atoms with van der Waals surface area (Å²) in [4.78, 5) is 22.1. The summed E-state index contributed by atoms with van der Waals surface area (Å²) in [6, 6.07) is 8.89. The maximum Gasteiger partial charge on any atom is 0.233 e. The lowest BCUT2D eigenvalue weighted by Crippen LogP contribution is -2.47. The number of aromatic nitrogens is 1. The maximum atomic E-state index is 13.0. The smallest absolute Gasteiger partial charge is 0.233 e. The molecule has 2 heterocycles. The minimum atomic E-state index is 0.230. The Morgan fingerprint density at radius 1 is 1.20 bits per heavy atom. The van der Waals surface area contributed by atoms with Crippen LogP contribution in [0, 0.1) is 25.7 Å². The second-order valence-corrected chi connectivity index (χ2v) is 10.2. The third-order valence-electron chi connectivity index (χ3n) is 6.89. The highest BCUT2D eigenvalue weighted by Crippen LogP contribution is 2.39. The van der Waals surface area contributed by atoms with Crippen LogP contribution in [0.15, 0.2) is 29.3 Å². The average molecular weight is 428 g/mol. The average Bonchev–Trinajstić information content (AvgIpc) is 3.14. The molecule has 4 rings (SSSR count). The van der Waals surface area contributed by atoms with Crippen LogP contribution < -0.4 is 0 Å². The van der Waals surface area contributed by atoms with Gasteiger partial charge in [0.1, 0.15) is 0 Å². The van der Waals surface area contributed by atoms with Crippen LogP contribution >= 0.6 is 11.8 Å². The number of methoxy groups -OCH3 is 1. The normalized spacial score (nSPS) is 26.4. The molecule has 1 aromatic carbocycles. The molecule has 2 aromatic rings. The summed E-state index contributed by atoms with van der Waals surface area (Å²) in [6.45, 7) is 5.97. The molecule has 162 valence electrons. The van der Waals surface area contributed by atoms with Crippen molar-refractivity contribution in [3.63, 3.8) is 0 Å². The van der Waals surface area contributed by atoms with Crippen molar-refractivity contribution in [3.8, 4) is 0 Å². The molecule has 1 saturated carbocycles. The van der Waals surface area contributed by atoms with Gasteiger partial charge in [-0.05, 0) is 76.4 Å². The molecule has 0 radical (unpaired) electrons. The Kier molecular flexibility index (Phi) is 6.37. The quantitative estimate of drug-likeness (QED) is 0.680. The second-order valence-electron chi connectivity index (χ2n) is 9.18. The molecule has 1 aromatic heterocycles. The maximum absolute atomic E-state index is 13.0. The molecule has 2 aliphatic rings. The Labute approximate surface area is 184 Å². The molecule has 4 atom stereocenters. The Bertz CT molecular complexity index is 932. The molecular formula is C24H33N3O2S. The number of rotatable bonds is 5. The number of benzene rings is 1. The van der Waals surface area contributed by atoms with E-state index in [-0.39, 0.29) is 12.0 Å². The topological polar surface area (TPSA) is 45.7 Å². The van der Waals surface area contributed by atoms with Gasteiger partial charge >= 0.3 is 0 Å². The van der Waals surface area contributed by atoms with Crippen molar-refractivity contribution in [1.82, 2.24) is 14.8 Å². The van der Waals surface area contributed by atoms with Gasteiger partial charge in [0.25, 0.3) is 0 Å². The van der Waals surface area contributed by atoms with Crippen LogP contribution in [0.2, 0.25) is 0 Å². The van der Waals surface area contributed by atoms with Crippen molar-refractivity contribution < 1.29 is 9.53 Å². The van der Waals surface area contributed by atoms with E-state index in [0.717, 1.165) is 36.5 Å². The van der Waals surface area contributed by atoms with Gasteiger partial charge in [-0.15, -0.1) is 0 Å². The SMILES string of the molecule is CO[C@@H]1C[C@H]2CN(C(=O)CSc3cc(C)c4cc(C)ccc4n3)C[C@H]2C[C@H]1N(C)C. The lowest BCUT2D eigenvalue weighted by molar-refractivity contribution is -0.127. The largest absolute Gasteiger partial charge is 0.380 e. The van der Waals surface area contributed by atoms with Crippen molar-refractivity contribution in [2.24, 2.45) is 11.8 Å². The number of hydrogen-bond donors (Lipinski definition) is 0. The number of aryl methyl sites for hydroxylation is 2. The molecule has 0 spiro atoms. The first-order valence-corrected chi connectivity index (χ1v) is 11.8. The van der Waals surface area contributed by atoms with Gasteiger partial charge in [-0.25, -0.2) is 4.98 Å². The number of pyridine rings is 1. The first kappa shape index (κ1) is 21.6. The molecular weight excluding hydrogens is 394 g/mol. The summed E-state index contributed by atoms with van der Waals surface area (Å²) < 4.78 is 5.77. The lowest BCUT2D eigenvalue weighted by Gasteiger charge is -2.40. The molecule has 1 aliphatic heterocycles. The molecule has 1 aliphatic carbocycles. The van der Waals surface area contributed by atoms with Gasteiger partial charge < -0.3 is 14.5 Å². The molecule has 0 N–H and O–H groups in total. The second kappa shape index (κ2) is 8.85. The Hall–Kier alpha value is -1.63. The lowest BCUT2D eigenvalue weighted by atomic mass is 9.77. The van der Waals surface area contributed by atoms with Gasteiger partial charge in [0.15, 0.2) is 0 Å². The molecule has 0 unspecified atom stereocenters. The van der Waals surface area contributed by atoms with E-state index in [0.29, 0.717) is 23.6 Å². The van der Waals surface area contributed by atoms with Crippen LogP contribution in [-0.4, -0.2) is 72.9 Å². The minimum Gasteiger partial charge on any atom is -0.380 e. The fourth-order valence-electron chi connectivity index (χ4n) is 5.17. The van der Waals surface area contributed by atoms with Crippen molar-refractivity contribution >= 4 is 28.6 Å². The number of ether oxygens (including phenoxy) is 1. The standard InChI is InChI=1S/C24H33N3O2S/c1-15-6-7-20-19(8-15)16(2)9-23(25-20)30-14-24(28)27-12-17-10-21(26(3)4)22(29-5)11-18(17)13-27/h6-9,17-18,21-22H,10-14H2,1-5H3/t17-,18+,21-,22-/m1/s1. The first-order valence-electron chi connectivity index (χ1n) is 10.8. The van der Waals surface area contributed by atoms with Crippen LogP contribution in [0.5, 0.6) is 0 Å². The van der Waals surface area contributed by atoms with Crippen LogP contribution in [0.3, 0.4) is 0 Å². The molecule has 1 saturated heterocycles. The number of thioether (sulfide) groups is 1. The number of hydrogen-bond acceptors (Lipinski definition) is 5. The summed E-state index contributed by atoms with van der Waals surface area (Å²) in [5.41, 5.74) is 3.46. The number of amides is 1. The number of carbonyl (C=O) groups excluding carboxylic acids is 1. The van der Waals surface area contributed by atoms with Gasteiger partial charge in [-0.3, -0.25) is 4.79 Å². The van der Waals surface area contributed by atoms with Crippen molar-refractivity contribution in [2.75, 3.05) is 40.0 Å². The molecule has 30 heavy (non-hydrogen) atoms. The van der Waals surface area contributed by atoms with Crippen molar-refractivity contribution in [1.29, 1.82) is 0 Å². The summed E-state index contributed by atoms with van der Waals surface area (Å²) in [7, 11) is 6.08. The molecule has 2 fully saturated rings. The van der Waals surface area contributed by atoms with E-state index in [1.807, 2.05) is 7.11 Å². The van der Waals surface area contributed by atoms with Crippen LogP contribution in [-0.2, 0) is 9.53 Å². The van der Waals surface area contributed by atoms with E-state index in [2.05, 4.69) is 62.0 Å². The summed E-state index contributed by atoms with van der Waals surface area (Å²) >= 11 is 1.56. The number of likely N-dealkylation sites (tertiary alicyclic amines) is 1. The van der Waals surface area contributed by atoms with Crippen molar-refractivity contribution in [2.45, 2.75) is 43.9 Å².